The van der Waals surface area contributed by atoms with E-state index in [9.17, 15) is 4.79 Å². The van der Waals surface area contributed by atoms with Gasteiger partial charge in [-0.3, -0.25) is 9.69 Å². The second kappa shape index (κ2) is 8.50. The summed E-state index contributed by atoms with van der Waals surface area (Å²) in [5, 5.41) is 6.29. The lowest BCUT2D eigenvalue weighted by Crippen LogP contribution is -2.38. The van der Waals surface area contributed by atoms with E-state index in [0.29, 0.717) is 12.3 Å². The number of amides is 1. The normalized spacial score (nSPS) is 16.8. The Morgan fingerprint density at radius 2 is 1.96 bits per heavy atom. The van der Waals surface area contributed by atoms with Gasteiger partial charge in [0, 0.05) is 22.4 Å². The predicted octanol–water partition coefficient (Wildman–Crippen LogP) is 5.46. The van der Waals surface area contributed by atoms with Crippen molar-refractivity contribution in [2.75, 3.05) is 19.6 Å². The third-order valence-corrected chi connectivity index (χ3v) is 6.68. The van der Waals surface area contributed by atoms with Gasteiger partial charge in [0.15, 0.2) is 5.76 Å². The molecule has 1 amide bonds. The van der Waals surface area contributed by atoms with Crippen molar-refractivity contribution >= 4 is 28.2 Å². The van der Waals surface area contributed by atoms with E-state index in [4.69, 9.17) is 4.42 Å². The van der Waals surface area contributed by atoms with Crippen LogP contribution in [0.5, 0.6) is 0 Å². The van der Waals surface area contributed by atoms with Crippen molar-refractivity contribution in [1.82, 2.24) is 10.2 Å². The third-order valence-electron chi connectivity index (χ3n) is 5.71. The molecule has 1 aromatic carbocycles. The Hall–Kier alpha value is -2.11. The largest absolute Gasteiger partial charge is 0.451 e. The van der Waals surface area contributed by atoms with E-state index in [2.05, 4.69) is 40.7 Å². The first-order chi connectivity index (χ1) is 13.6. The van der Waals surface area contributed by atoms with E-state index in [1.165, 1.54) is 36.1 Å². The van der Waals surface area contributed by atoms with Crippen molar-refractivity contribution in [1.29, 1.82) is 0 Å². The highest BCUT2D eigenvalue weighted by atomic mass is 32.1. The molecule has 0 radical (unpaired) electrons. The van der Waals surface area contributed by atoms with E-state index in [1.54, 1.807) is 11.3 Å². The number of thiophene rings is 1. The number of hydrogen-bond acceptors (Lipinski definition) is 4. The van der Waals surface area contributed by atoms with Crippen LogP contribution in [-0.2, 0) is 0 Å². The first kappa shape index (κ1) is 19.2. The maximum atomic E-state index is 12.9. The number of furan rings is 1. The molecule has 3 heterocycles. The average Bonchev–Trinajstić information content (AvgIpc) is 3.23. The Balaban J connectivity index is 1.52. The van der Waals surface area contributed by atoms with Crippen molar-refractivity contribution in [3.8, 4) is 0 Å². The first-order valence-corrected chi connectivity index (χ1v) is 11.1. The summed E-state index contributed by atoms with van der Waals surface area (Å²) >= 11 is 1.77. The number of aryl methyl sites for hydroxylation is 2. The molecule has 0 spiro atoms. The van der Waals surface area contributed by atoms with Gasteiger partial charge >= 0.3 is 0 Å². The van der Waals surface area contributed by atoms with Crippen LogP contribution in [0.2, 0.25) is 0 Å². The average molecular weight is 397 g/mol. The van der Waals surface area contributed by atoms with Gasteiger partial charge in [0.05, 0.1) is 6.04 Å². The van der Waals surface area contributed by atoms with Crippen LogP contribution in [0.15, 0.2) is 40.1 Å². The molecule has 148 valence electrons. The van der Waals surface area contributed by atoms with Crippen LogP contribution in [0.3, 0.4) is 0 Å². The predicted molar refractivity (Wildman–Crippen MR) is 115 cm³/mol. The van der Waals surface area contributed by atoms with E-state index in [0.717, 1.165) is 29.6 Å². The minimum Gasteiger partial charge on any atom is -0.451 e. The van der Waals surface area contributed by atoms with Gasteiger partial charge < -0.3 is 9.73 Å². The van der Waals surface area contributed by atoms with Crippen molar-refractivity contribution in [3.63, 3.8) is 0 Å². The molecule has 1 atom stereocenters. The molecular weight excluding hydrogens is 368 g/mol. The number of carbonyl (C=O) groups excluding carboxylic acids is 1. The van der Waals surface area contributed by atoms with Gasteiger partial charge in [-0.25, -0.2) is 0 Å². The molecule has 1 fully saturated rings. The van der Waals surface area contributed by atoms with E-state index in [-0.39, 0.29) is 11.9 Å². The molecule has 0 bridgehead atoms. The van der Waals surface area contributed by atoms with Crippen LogP contribution < -0.4 is 5.32 Å². The van der Waals surface area contributed by atoms with Crippen LogP contribution in [0, 0.1) is 13.8 Å². The van der Waals surface area contributed by atoms with Crippen LogP contribution in [0.4, 0.5) is 0 Å². The Morgan fingerprint density at radius 3 is 2.68 bits per heavy atom. The zero-order chi connectivity index (χ0) is 19.5. The fourth-order valence-electron chi connectivity index (χ4n) is 4.12. The molecule has 1 aliphatic heterocycles. The minimum absolute atomic E-state index is 0.122. The summed E-state index contributed by atoms with van der Waals surface area (Å²) in [6.07, 6.45) is 5.07. The lowest BCUT2D eigenvalue weighted by molar-refractivity contribution is 0.0907. The van der Waals surface area contributed by atoms with Crippen molar-refractivity contribution in [3.05, 3.63) is 57.5 Å². The molecule has 1 aliphatic rings. The Bertz CT molecular complexity index is 937. The topological polar surface area (TPSA) is 45.5 Å². The molecule has 0 aliphatic carbocycles. The Labute approximate surface area is 170 Å². The quantitative estimate of drug-likeness (QED) is 0.623. The molecule has 28 heavy (non-hydrogen) atoms. The maximum Gasteiger partial charge on any atom is 0.287 e. The molecule has 1 N–H and O–H groups in total. The smallest absolute Gasteiger partial charge is 0.287 e. The number of nitrogens with one attached hydrogen (secondary N) is 1. The summed E-state index contributed by atoms with van der Waals surface area (Å²) in [4.78, 5) is 16.8. The van der Waals surface area contributed by atoms with Crippen molar-refractivity contribution < 1.29 is 9.21 Å². The van der Waals surface area contributed by atoms with Gasteiger partial charge in [-0.1, -0.05) is 30.5 Å². The zero-order valence-electron chi connectivity index (χ0n) is 16.7. The summed E-state index contributed by atoms with van der Waals surface area (Å²) < 4.78 is 5.88. The van der Waals surface area contributed by atoms with Gasteiger partial charge in [0.25, 0.3) is 5.91 Å². The molecule has 4 nitrogen and oxygen atoms in total. The number of rotatable bonds is 5. The van der Waals surface area contributed by atoms with Gasteiger partial charge in [0.2, 0.25) is 0 Å². The van der Waals surface area contributed by atoms with Crippen molar-refractivity contribution in [2.45, 2.75) is 45.6 Å². The van der Waals surface area contributed by atoms with Crippen LogP contribution in [0.25, 0.3) is 11.0 Å². The fourth-order valence-corrected chi connectivity index (χ4v) is 4.98. The highest BCUT2D eigenvalue weighted by Crippen LogP contribution is 2.29. The summed E-state index contributed by atoms with van der Waals surface area (Å²) in [7, 11) is 0. The molecule has 4 rings (SSSR count). The number of hydrogen-bond donors (Lipinski definition) is 1. The van der Waals surface area contributed by atoms with Gasteiger partial charge in [-0.2, -0.15) is 0 Å². The zero-order valence-corrected chi connectivity index (χ0v) is 17.5. The molecule has 0 saturated carbocycles. The standard InChI is InChI=1S/C23H28N2O2S/c1-16-9-10-20-18(14-16)17(2)22(27-20)23(26)24-15-19(21-8-7-13-28-21)25-11-5-3-4-6-12-25/h7-10,13-14,19H,3-6,11-12,15H2,1-2H3,(H,24,26)/t19-/m0/s1. The SMILES string of the molecule is Cc1ccc2oc(C(=O)NC[C@@H](c3cccs3)N3CCCCCC3)c(C)c2c1. The highest BCUT2D eigenvalue weighted by molar-refractivity contribution is 7.10. The third kappa shape index (κ3) is 4.01. The fraction of sp³-hybridized carbons (Fsp3) is 0.435. The molecule has 1 saturated heterocycles. The van der Waals surface area contributed by atoms with Gasteiger partial charge in [-0.05, 0) is 63.4 Å². The number of nitrogens with zero attached hydrogens (tertiary/aromatic N) is 1. The maximum absolute atomic E-state index is 12.9. The lowest BCUT2D eigenvalue weighted by atomic mass is 10.1. The second-order valence-electron chi connectivity index (χ2n) is 7.75. The molecular formula is C23H28N2O2S. The highest BCUT2D eigenvalue weighted by Gasteiger charge is 2.24. The summed E-state index contributed by atoms with van der Waals surface area (Å²) in [5.74, 6) is 0.309. The second-order valence-corrected chi connectivity index (χ2v) is 8.73. The van der Waals surface area contributed by atoms with Gasteiger partial charge in [-0.15, -0.1) is 11.3 Å². The number of carbonyl (C=O) groups is 1. The number of likely N-dealkylation sites (tertiary alicyclic amines) is 1. The Kier molecular flexibility index (Phi) is 5.83. The molecule has 3 aromatic rings. The Morgan fingerprint density at radius 1 is 1.18 bits per heavy atom. The monoisotopic (exact) mass is 396 g/mol. The number of benzene rings is 1. The lowest BCUT2D eigenvalue weighted by Gasteiger charge is -2.30. The molecule has 0 unspecified atom stereocenters. The van der Waals surface area contributed by atoms with Crippen LogP contribution in [-0.4, -0.2) is 30.4 Å². The minimum atomic E-state index is -0.122. The van der Waals surface area contributed by atoms with Crippen molar-refractivity contribution in [2.24, 2.45) is 0 Å². The summed E-state index contributed by atoms with van der Waals surface area (Å²) in [6.45, 7) is 6.82. The number of fused-ring (bicyclic) bond motifs is 1. The van der Waals surface area contributed by atoms with Crippen LogP contribution in [0.1, 0.15) is 58.3 Å². The van der Waals surface area contributed by atoms with Gasteiger partial charge in [0.1, 0.15) is 5.58 Å². The molecule has 2 aromatic heterocycles. The van der Waals surface area contributed by atoms with E-state index in [1.807, 2.05) is 19.1 Å². The molecule has 5 heteroatoms. The summed E-state index contributed by atoms with van der Waals surface area (Å²) in [5.41, 5.74) is 2.86. The van der Waals surface area contributed by atoms with Crippen LogP contribution >= 0.6 is 11.3 Å². The van der Waals surface area contributed by atoms with E-state index < -0.39 is 0 Å². The first-order valence-electron chi connectivity index (χ1n) is 10.2. The summed E-state index contributed by atoms with van der Waals surface area (Å²) in [6, 6.07) is 10.5. The van der Waals surface area contributed by atoms with E-state index >= 15 is 0 Å².